The molecule has 3 rings (SSSR count). The summed E-state index contributed by atoms with van der Waals surface area (Å²) in [6.07, 6.45) is 2.91. The number of rotatable bonds is 4. The lowest BCUT2D eigenvalue weighted by atomic mass is 10.2. The second-order valence-corrected chi connectivity index (χ2v) is 6.01. The summed E-state index contributed by atoms with van der Waals surface area (Å²) in [5.74, 6) is 1.60. The van der Waals surface area contributed by atoms with Crippen molar-refractivity contribution in [3.05, 3.63) is 29.6 Å². The smallest absolute Gasteiger partial charge is 0.242 e. The largest absolute Gasteiger partial charge is 0.341 e. The number of alkyl halides is 1. The Hall–Kier alpha value is -1.55. The number of likely N-dealkylation sites (tertiary alicyclic amines) is 1. The quantitative estimate of drug-likeness (QED) is 0.815. The molecule has 1 amide bonds. The molecule has 4 nitrogen and oxygen atoms in total. The molecule has 1 aliphatic rings. The molecule has 2 aromatic rings. The van der Waals surface area contributed by atoms with Crippen LogP contribution in [-0.2, 0) is 17.8 Å². The van der Waals surface area contributed by atoms with Gasteiger partial charge in [0.1, 0.15) is 12.4 Å². The number of carbonyl (C=O) groups is 1. The number of amides is 1. The first-order valence-corrected chi connectivity index (χ1v) is 8.02. The topological polar surface area (TPSA) is 38.1 Å². The van der Waals surface area contributed by atoms with E-state index in [1.54, 1.807) is 0 Å². The highest BCUT2D eigenvalue weighted by atomic mass is 35.5. The van der Waals surface area contributed by atoms with E-state index in [0.29, 0.717) is 18.8 Å². The fourth-order valence-electron chi connectivity index (χ4n) is 2.94. The number of aryl methyl sites for hydroxylation is 2. The fourth-order valence-corrected chi connectivity index (χ4v) is 3.11. The molecule has 0 unspecified atom stereocenters. The van der Waals surface area contributed by atoms with Crippen LogP contribution in [0.2, 0.25) is 0 Å². The Labute approximate surface area is 129 Å². The molecule has 1 aliphatic heterocycles. The monoisotopic (exact) mass is 305 g/mol. The van der Waals surface area contributed by atoms with Crippen LogP contribution in [0.4, 0.5) is 0 Å². The molecule has 0 saturated carbocycles. The van der Waals surface area contributed by atoms with Gasteiger partial charge >= 0.3 is 0 Å². The van der Waals surface area contributed by atoms with E-state index in [1.165, 1.54) is 5.56 Å². The van der Waals surface area contributed by atoms with E-state index in [2.05, 4.69) is 24.0 Å². The molecule has 1 aromatic heterocycles. The maximum absolute atomic E-state index is 12.4. The summed E-state index contributed by atoms with van der Waals surface area (Å²) in [6, 6.07) is 6.17. The first-order valence-electron chi connectivity index (χ1n) is 7.48. The zero-order valence-electron chi connectivity index (χ0n) is 12.3. The van der Waals surface area contributed by atoms with Crippen molar-refractivity contribution in [2.45, 2.75) is 32.7 Å². The molecule has 0 N–H and O–H groups in total. The first kappa shape index (κ1) is 14.4. The van der Waals surface area contributed by atoms with Crippen LogP contribution >= 0.6 is 11.6 Å². The van der Waals surface area contributed by atoms with E-state index >= 15 is 0 Å². The van der Waals surface area contributed by atoms with Crippen LogP contribution in [0.15, 0.2) is 18.2 Å². The molecular weight excluding hydrogens is 286 g/mol. The van der Waals surface area contributed by atoms with Crippen LogP contribution in [0.1, 0.15) is 24.2 Å². The number of aromatic nitrogens is 2. The van der Waals surface area contributed by atoms with Gasteiger partial charge in [0, 0.05) is 25.4 Å². The van der Waals surface area contributed by atoms with Crippen LogP contribution in [0, 0.1) is 6.92 Å². The minimum absolute atomic E-state index is 0.184. The van der Waals surface area contributed by atoms with Crippen molar-refractivity contribution in [2.75, 3.05) is 19.0 Å². The molecule has 0 spiro atoms. The standard InChI is InChI=1S/C16H20ClN3O/c1-12-4-5-14-13(10-12)18-15(6-7-17)20(14)11-16(21)19-8-2-3-9-19/h4-5,10H,2-3,6-9,11H2,1H3. The highest BCUT2D eigenvalue weighted by Gasteiger charge is 2.20. The third-order valence-corrected chi connectivity index (χ3v) is 4.24. The Morgan fingerprint density at radius 2 is 2.10 bits per heavy atom. The Morgan fingerprint density at radius 3 is 2.81 bits per heavy atom. The maximum Gasteiger partial charge on any atom is 0.242 e. The van der Waals surface area contributed by atoms with Crippen LogP contribution in [-0.4, -0.2) is 39.3 Å². The second kappa shape index (κ2) is 6.06. The van der Waals surface area contributed by atoms with E-state index in [-0.39, 0.29) is 5.91 Å². The zero-order chi connectivity index (χ0) is 14.8. The first-order chi connectivity index (χ1) is 10.2. The number of imidazole rings is 1. The number of carbonyl (C=O) groups excluding carboxylic acids is 1. The summed E-state index contributed by atoms with van der Waals surface area (Å²) >= 11 is 5.88. The average molecular weight is 306 g/mol. The molecule has 21 heavy (non-hydrogen) atoms. The van der Waals surface area contributed by atoms with Crippen molar-refractivity contribution < 1.29 is 4.79 Å². The number of halogens is 1. The summed E-state index contributed by atoms with van der Waals surface area (Å²) in [4.78, 5) is 19.0. The predicted molar refractivity (Wildman–Crippen MR) is 84.7 cm³/mol. The van der Waals surface area contributed by atoms with Gasteiger partial charge in [-0.1, -0.05) is 6.07 Å². The highest BCUT2D eigenvalue weighted by Crippen LogP contribution is 2.19. The van der Waals surface area contributed by atoms with E-state index in [4.69, 9.17) is 11.6 Å². The van der Waals surface area contributed by atoms with Gasteiger partial charge in [-0.15, -0.1) is 11.6 Å². The molecular formula is C16H20ClN3O. The average Bonchev–Trinajstić information content (AvgIpc) is 3.08. The molecule has 0 bridgehead atoms. The summed E-state index contributed by atoms with van der Waals surface area (Å²) in [5.41, 5.74) is 3.15. The minimum atomic E-state index is 0.184. The SMILES string of the molecule is Cc1ccc2c(c1)nc(CCCl)n2CC(=O)N1CCCC1. The van der Waals surface area contributed by atoms with Crippen molar-refractivity contribution in [2.24, 2.45) is 0 Å². The molecule has 5 heteroatoms. The van der Waals surface area contributed by atoms with Gasteiger partial charge in [-0.05, 0) is 37.5 Å². The molecule has 1 aromatic carbocycles. The Morgan fingerprint density at radius 1 is 1.33 bits per heavy atom. The normalized spacial score (nSPS) is 15.0. The highest BCUT2D eigenvalue weighted by molar-refractivity contribution is 6.17. The van der Waals surface area contributed by atoms with Crippen molar-refractivity contribution in [3.63, 3.8) is 0 Å². The Bertz CT molecular complexity index is 659. The fraction of sp³-hybridized carbons (Fsp3) is 0.500. The van der Waals surface area contributed by atoms with Crippen LogP contribution in [0.25, 0.3) is 11.0 Å². The van der Waals surface area contributed by atoms with Gasteiger partial charge in [-0.3, -0.25) is 4.79 Å². The lowest BCUT2D eigenvalue weighted by Gasteiger charge is -2.17. The predicted octanol–water partition coefficient (Wildman–Crippen LogP) is 2.75. The van der Waals surface area contributed by atoms with Gasteiger partial charge in [0.15, 0.2) is 0 Å². The minimum Gasteiger partial charge on any atom is -0.341 e. The molecule has 1 fully saturated rings. The second-order valence-electron chi connectivity index (χ2n) is 5.63. The summed E-state index contributed by atoms with van der Waals surface area (Å²) < 4.78 is 2.03. The van der Waals surface area contributed by atoms with E-state index in [0.717, 1.165) is 42.8 Å². The van der Waals surface area contributed by atoms with Gasteiger partial charge in [0.2, 0.25) is 5.91 Å². The Balaban J connectivity index is 1.94. The number of hydrogen-bond acceptors (Lipinski definition) is 2. The van der Waals surface area contributed by atoms with Crippen molar-refractivity contribution in [3.8, 4) is 0 Å². The van der Waals surface area contributed by atoms with Crippen molar-refractivity contribution in [1.82, 2.24) is 14.5 Å². The zero-order valence-corrected chi connectivity index (χ0v) is 13.1. The number of hydrogen-bond donors (Lipinski definition) is 0. The van der Waals surface area contributed by atoms with Gasteiger partial charge in [-0.25, -0.2) is 4.98 Å². The van der Waals surface area contributed by atoms with Gasteiger partial charge in [0.05, 0.1) is 11.0 Å². The van der Waals surface area contributed by atoms with Crippen LogP contribution < -0.4 is 0 Å². The van der Waals surface area contributed by atoms with Crippen LogP contribution in [0.3, 0.4) is 0 Å². The summed E-state index contributed by atoms with van der Waals surface area (Å²) in [5, 5.41) is 0. The van der Waals surface area contributed by atoms with Crippen molar-refractivity contribution in [1.29, 1.82) is 0 Å². The number of fused-ring (bicyclic) bond motifs is 1. The lowest BCUT2D eigenvalue weighted by Crippen LogP contribution is -2.31. The van der Waals surface area contributed by atoms with Gasteiger partial charge < -0.3 is 9.47 Å². The molecule has 0 radical (unpaired) electrons. The molecule has 0 atom stereocenters. The molecule has 112 valence electrons. The van der Waals surface area contributed by atoms with Gasteiger partial charge in [0.25, 0.3) is 0 Å². The van der Waals surface area contributed by atoms with E-state index in [1.807, 2.05) is 15.5 Å². The van der Waals surface area contributed by atoms with E-state index < -0.39 is 0 Å². The third-order valence-electron chi connectivity index (χ3n) is 4.05. The van der Waals surface area contributed by atoms with Crippen molar-refractivity contribution >= 4 is 28.5 Å². The maximum atomic E-state index is 12.4. The van der Waals surface area contributed by atoms with Crippen LogP contribution in [0.5, 0.6) is 0 Å². The molecule has 0 aliphatic carbocycles. The molecule has 2 heterocycles. The third kappa shape index (κ3) is 2.91. The lowest BCUT2D eigenvalue weighted by molar-refractivity contribution is -0.130. The van der Waals surface area contributed by atoms with Gasteiger partial charge in [-0.2, -0.15) is 0 Å². The molecule has 1 saturated heterocycles. The van der Waals surface area contributed by atoms with E-state index in [9.17, 15) is 4.79 Å². The Kier molecular flexibility index (Phi) is 4.15. The summed E-state index contributed by atoms with van der Waals surface area (Å²) in [7, 11) is 0. The summed E-state index contributed by atoms with van der Waals surface area (Å²) in [6.45, 7) is 4.19. The number of nitrogens with zero attached hydrogens (tertiary/aromatic N) is 3. The number of benzene rings is 1.